The Bertz CT molecular complexity index is 2810. The van der Waals surface area contributed by atoms with Crippen molar-refractivity contribution in [3.8, 4) is 0 Å². The maximum Gasteiger partial charge on any atom is 0.254 e. The van der Waals surface area contributed by atoms with Crippen LogP contribution in [0.3, 0.4) is 0 Å². The van der Waals surface area contributed by atoms with Crippen molar-refractivity contribution in [3.05, 3.63) is 187 Å². The summed E-state index contributed by atoms with van der Waals surface area (Å²) in [6.45, 7) is 13.7. The van der Waals surface area contributed by atoms with Gasteiger partial charge in [0.1, 0.15) is 11.6 Å². The van der Waals surface area contributed by atoms with Gasteiger partial charge in [0.25, 0.3) is 6.71 Å². The maximum absolute atomic E-state index is 5.83. The van der Waals surface area contributed by atoms with Crippen molar-refractivity contribution in [2.45, 2.75) is 52.4 Å². The number of rotatable bonds is 5. The molecule has 4 nitrogen and oxygen atoms in total. The van der Waals surface area contributed by atoms with Crippen LogP contribution in [-0.2, 0) is 10.8 Å². The van der Waals surface area contributed by atoms with Crippen LogP contribution < -0.4 is 31.1 Å². The fraction of sp³-hybridized carbons (Fsp3) is 0.151. The van der Waals surface area contributed by atoms with E-state index in [1.165, 1.54) is 49.7 Å². The topological polar surface area (TPSA) is 22.6 Å². The molecule has 0 saturated carbocycles. The van der Waals surface area contributed by atoms with Crippen LogP contribution in [0, 0.1) is 0 Å². The van der Waals surface area contributed by atoms with Crippen LogP contribution in [0.5, 0.6) is 0 Å². The maximum atomic E-state index is 5.83. The van der Waals surface area contributed by atoms with Gasteiger partial charge in [-0.1, -0.05) is 151 Å². The van der Waals surface area contributed by atoms with Gasteiger partial charge in [-0.15, -0.1) is 0 Å². The first kappa shape index (κ1) is 35.8. The van der Waals surface area contributed by atoms with Gasteiger partial charge in [-0.2, -0.15) is 0 Å². The van der Waals surface area contributed by atoms with E-state index in [0.717, 1.165) is 40.1 Å². The summed E-state index contributed by atoms with van der Waals surface area (Å²) in [5.41, 5.74) is 14.2. The lowest BCUT2D eigenvalue weighted by Gasteiger charge is -2.44. The lowest BCUT2D eigenvalue weighted by Crippen LogP contribution is -2.61. The molecule has 58 heavy (non-hydrogen) atoms. The monoisotopic (exact) mass is 750 g/mol. The number of hydrogen-bond acceptors (Lipinski definition) is 4. The minimum atomic E-state index is -0.108. The van der Waals surface area contributed by atoms with E-state index in [4.69, 9.17) is 4.98 Å². The molecule has 282 valence electrons. The molecule has 0 fully saturated rings. The molecule has 0 spiro atoms. The Kier molecular flexibility index (Phi) is 8.35. The number of hydrogen-bond donors (Lipinski definition) is 0. The Labute approximate surface area is 343 Å². The largest absolute Gasteiger partial charge is 0.311 e. The third-order valence-electron chi connectivity index (χ3n) is 11.9. The van der Waals surface area contributed by atoms with Crippen molar-refractivity contribution in [3.63, 3.8) is 0 Å². The van der Waals surface area contributed by atoms with E-state index in [9.17, 15) is 0 Å². The van der Waals surface area contributed by atoms with E-state index in [1.54, 1.807) is 0 Å². The summed E-state index contributed by atoms with van der Waals surface area (Å²) in [5, 5.41) is 2.37. The minimum Gasteiger partial charge on any atom is -0.311 e. The third-order valence-corrected chi connectivity index (χ3v) is 11.9. The van der Waals surface area contributed by atoms with Gasteiger partial charge in [0.05, 0.1) is 5.69 Å². The summed E-state index contributed by atoms with van der Waals surface area (Å²) in [4.78, 5) is 13.1. The van der Waals surface area contributed by atoms with E-state index < -0.39 is 0 Å². The lowest BCUT2D eigenvalue weighted by atomic mass is 9.33. The van der Waals surface area contributed by atoms with E-state index in [1.807, 2.05) is 0 Å². The number of pyridine rings is 1. The number of anilines is 9. The quantitative estimate of drug-likeness (QED) is 0.163. The van der Waals surface area contributed by atoms with Crippen LogP contribution in [0.15, 0.2) is 176 Å². The number of nitrogens with zero attached hydrogens (tertiary/aromatic N) is 4. The Balaban J connectivity index is 1.27. The molecule has 0 unspecified atom stereocenters. The molecule has 7 aromatic carbocycles. The van der Waals surface area contributed by atoms with Gasteiger partial charge in [0, 0.05) is 39.5 Å². The van der Waals surface area contributed by atoms with Gasteiger partial charge in [-0.05, 0) is 110 Å². The van der Waals surface area contributed by atoms with Gasteiger partial charge >= 0.3 is 0 Å². The first-order valence-corrected chi connectivity index (χ1v) is 20.4. The molecule has 2 aliphatic heterocycles. The molecule has 0 saturated heterocycles. The molecule has 0 radical (unpaired) electrons. The average molecular weight is 751 g/mol. The molecule has 0 atom stereocenters. The summed E-state index contributed by atoms with van der Waals surface area (Å²) in [5.74, 6) is 1.81. The molecule has 0 aliphatic carbocycles. The van der Waals surface area contributed by atoms with Crippen molar-refractivity contribution in [1.82, 2.24) is 4.98 Å². The van der Waals surface area contributed by atoms with Gasteiger partial charge in [0.2, 0.25) is 0 Å². The number of benzene rings is 7. The predicted octanol–water partition coefficient (Wildman–Crippen LogP) is 12.4. The first-order valence-electron chi connectivity index (χ1n) is 20.4. The normalized spacial score (nSPS) is 13.2. The van der Waals surface area contributed by atoms with Gasteiger partial charge < -0.3 is 4.90 Å². The van der Waals surface area contributed by atoms with E-state index in [-0.39, 0.29) is 17.5 Å². The Hall–Kier alpha value is -6.59. The van der Waals surface area contributed by atoms with Gasteiger partial charge in [0.15, 0.2) is 0 Å². The molecule has 1 aromatic heterocycles. The molecule has 0 bridgehead atoms. The van der Waals surface area contributed by atoms with Crippen LogP contribution in [-0.4, -0.2) is 11.7 Å². The molecular weight excluding hydrogens is 703 g/mol. The minimum absolute atomic E-state index is 0.0243. The predicted molar refractivity (Wildman–Crippen MR) is 248 cm³/mol. The molecule has 0 amide bonds. The SMILES string of the molecule is CC(C)(C)c1ccc(N(c2ccc3c(n2)N(c2ccccc2)c2cc(C(C)(C)C)cc4c2B3c2ccccc2N4c2ccccc2)c2cccc3ccccc23)cc1. The highest BCUT2D eigenvalue weighted by Gasteiger charge is 2.45. The average Bonchev–Trinajstić information content (AvgIpc) is 3.23. The van der Waals surface area contributed by atoms with Gasteiger partial charge in [-0.25, -0.2) is 4.98 Å². The highest BCUT2D eigenvalue weighted by Crippen LogP contribution is 2.47. The van der Waals surface area contributed by atoms with E-state index >= 15 is 0 Å². The van der Waals surface area contributed by atoms with E-state index in [0.29, 0.717) is 0 Å². The molecule has 8 aromatic rings. The molecule has 2 aliphatic rings. The first-order chi connectivity index (χ1) is 28.1. The summed E-state index contributed by atoms with van der Waals surface area (Å²) < 4.78 is 0. The second-order valence-corrected chi connectivity index (χ2v) is 17.7. The zero-order valence-corrected chi connectivity index (χ0v) is 34.1. The fourth-order valence-electron chi connectivity index (χ4n) is 8.96. The number of para-hydroxylation sites is 3. The molecule has 0 N–H and O–H groups in total. The smallest absolute Gasteiger partial charge is 0.254 e. The second kappa shape index (κ2) is 13.5. The van der Waals surface area contributed by atoms with Crippen LogP contribution in [0.25, 0.3) is 10.8 Å². The summed E-state index contributed by atoms with van der Waals surface area (Å²) >= 11 is 0. The Morgan fingerprint density at radius 3 is 1.76 bits per heavy atom. The van der Waals surface area contributed by atoms with Crippen LogP contribution in [0.4, 0.5) is 51.4 Å². The third kappa shape index (κ3) is 5.87. The fourth-order valence-corrected chi connectivity index (χ4v) is 8.96. The van der Waals surface area contributed by atoms with Crippen LogP contribution in [0.2, 0.25) is 0 Å². The van der Waals surface area contributed by atoms with Crippen molar-refractivity contribution in [2.24, 2.45) is 0 Å². The highest BCUT2D eigenvalue weighted by atomic mass is 15.3. The van der Waals surface area contributed by atoms with Crippen LogP contribution in [0.1, 0.15) is 52.7 Å². The Morgan fingerprint density at radius 2 is 1.07 bits per heavy atom. The molecule has 10 rings (SSSR count). The number of aromatic nitrogens is 1. The van der Waals surface area contributed by atoms with Crippen molar-refractivity contribution < 1.29 is 0 Å². The highest BCUT2D eigenvalue weighted by molar-refractivity contribution is 7.00. The van der Waals surface area contributed by atoms with Crippen molar-refractivity contribution >= 4 is 85.3 Å². The van der Waals surface area contributed by atoms with Crippen molar-refractivity contribution in [2.75, 3.05) is 14.7 Å². The molecule has 3 heterocycles. The van der Waals surface area contributed by atoms with Crippen molar-refractivity contribution in [1.29, 1.82) is 0 Å². The summed E-state index contributed by atoms with van der Waals surface area (Å²) in [7, 11) is 0. The zero-order valence-electron chi connectivity index (χ0n) is 34.1. The second-order valence-electron chi connectivity index (χ2n) is 17.7. The summed E-state index contributed by atoms with van der Waals surface area (Å²) in [6.07, 6.45) is 0. The molecular formula is C53H47BN4. The van der Waals surface area contributed by atoms with Gasteiger partial charge in [-0.3, -0.25) is 9.80 Å². The molecule has 5 heteroatoms. The van der Waals surface area contributed by atoms with E-state index in [2.05, 4.69) is 232 Å². The standard InChI is InChI=1S/C53H47BN4/c1-52(2,3)37-28-30-41(31-29-37)57(45-27-17-19-36-18-13-14-24-42(36)45)49-33-32-44-51(55-49)58(40-22-11-8-12-23-40)48-35-38(53(4,5)6)34-47-50(48)54(44)43-25-15-16-26-46(43)56(47)39-20-9-7-10-21-39/h7-35H,1-6H3. The lowest BCUT2D eigenvalue weighted by molar-refractivity contribution is 0.590. The number of fused-ring (bicyclic) bond motifs is 5. The van der Waals surface area contributed by atoms with Crippen LogP contribution >= 0.6 is 0 Å². The zero-order chi connectivity index (χ0) is 39.8. The Morgan fingerprint density at radius 1 is 0.483 bits per heavy atom. The summed E-state index contributed by atoms with van der Waals surface area (Å²) in [6, 6.07) is 64.3.